The summed E-state index contributed by atoms with van der Waals surface area (Å²) in [5.41, 5.74) is 1.47. The highest BCUT2D eigenvalue weighted by atomic mass is 79.9. The number of hydrogen-bond donors (Lipinski definition) is 1. The summed E-state index contributed by atoms with van der Waals surface area (Å²) in [7, 11) is 3.18. The van der Waals surface area contributed by atoms with E-state index in [2.05, 4.69) is 15.9 Å². The number of ether oxygens (including phenoxy) is 2. The van der Waals surface area contributed by atoms with Crippen LogP contribution in [0.15, 0.2) is 46.9 Å². The fraction of sp³-hybridized carbons (Fsp3) is 0.200. The zero-order valence-electron chi connectivity index (χ0n) is 10.8. The molecule has 0 aliphatic rings. The van der Waals surface area contributed by atoms with Gasteiger partial charge in [-0.15, -0.1) is 0 Å². The minimum absolute atomic E-state index is 0.633. The molecule has 0 heterocycles. The predicted octanol–water partition coefficient (Wildman–Crippen LogP) is 3.55. The van der Waals surface area contributed by atoms with Crippen LogP contribution in [-0.4, -0.2) is 19.3 Å². The van der Waals surface area contributed by atoms with Crippen molar-refractivity contribution in [2.45, 2.75) is 6.10 Å². The number of aliphatic hydroxyl groups is 1. The molecule has 2 aromatic rings. The van der Waals surface area contributed by atoms with Gasteiger partial charge in [0.1, 0.15) is 17.6 Å². The molecular formula is C15H15BrO3. The molecule has 0 aliphatic carbocycles. The van der Waals surface area contributed by atoms with E-state index in [4.69, 9.17) is 9.47 Å². The van der Waals surface area contributed by atoms with Gasteiger partial charge in [0.15, 0.2) is 0 Å². The van der Waals surface area contributed by atoms with Gasteiger partial charge in [0.2, 0.25) is 0 Å². The molecule has 4 heteroatoms. The van der Waals surface area contributed by atoms with E-state index in [1.54, 1.807) is 32.4 Å². The van der Waals surface area contributed by atoms with E-state index in [0.29, 0.717) is 17.1 Å². The molecule has 1 atom stereocenters. The third-order valence-corrected chi connectivity index (χ3v) is 3.39. The second-order valence-electron chi connectivity index (χ2n) is 4.07. The summed E-state index contributed by atoms with van der Waals surface area (Å²) in [5, 5.41) is 10.5. The number of rotatable bonds is 4. The van der Waals surface area contributed by atoms with Gasteiger partial charge in [-0.25, -0.2) is 0 Å². The maximum atomic E-state index is 10.5. The average molecular weight is 323 g/mol. The summed E-state index contributed by atoms with van der Waals surface area (Å²) < 4.78 is 11.4. The average Bonchev–Trinajstić information content (AvgIpc) is 2.45. The first-order valence-electron chi connectivity index (χ1n) is 5.81. The number of methoxy groups -OCH3 is 2. The van der Waals surface area contributed by atoms with Crippen molar-refractivity contribution in [1.82, 2.24) is 0 Å². The van der Waals surface area contributed by atoms with Crippen LogP contribution in [0, 0.1) is 0 Å². The molecule has 2 aromatic carbocycles. The van der Waals surface area contributed by atoms with E-state index in [1.807, 2.05) is 24.3 Å². The molecule has 0 unspecified atom stereocenters. The van der Waals surface area contributed by atoms with E-state index in [9.17, 15) is 5.11 Å². The van der Waals surface area contributed by atoms with Gasteiger partial charge >= 0.3 is 0 Å². The van der Waals surface area contributed by atoms with Gasteiger partial charge in [0, 0.05) is 10.0 Å². The lowest BCUT2D eigenvalue weighted by Crippen LogP contribution is -2.03. The van der Waals surface area contributed by atoms with Crippen LogP contribution in [0.3, 0.4) is 0 Å². The Morgan fingerprint density at radius 3 is 2.47 bits per heavy atom. The minimum atomic E-state index is -0.762. The second kappa shape index (κ2) is 6.08. The lowest BCUT2D eigenvalue weighted by Gasteiger charge is -2.16. The summed E-state index contributed by atoms with van der Waals surface area (Å²) >= 11 is 3.40. The summed E-state index contributed by atoms with van der Waals surface area (Å²) in [5.74, 6) is 1.32. The first-order valence-corrected chi connectivity index (χ1v) is 6.60. The first-order chi connectivity index (χ1) is 9.15. The van der Waals surface area contributed by atoms with Crippen LogP contribution in [0.5, 0.6) is 11.5 Å². The Labute approximate surface area is 120 Å². The molecule has 0 amide bonds. The zero-order valence-corrected chi connectivity index (χ0v) is 12.3. The highest BCUT2D eigenvalue weighted by molar-refractivity contribution is 9.10. The van der Waals surface area contributed by atoms with Crippen molar-refractivity contribution in [3.8, 4) is 11.5 Å². The van der Waals surface area contributed by atoms with Crippen LogP contribution in [0.1, 0.15) is 17.2 Å². The van der Waals surface area contributed by atoms with Crippen molar-refractivity contribution >= 4 is 15.9 Å². The zero-order chi connectivity index (χ0) is 13.8. The van der Waals surface area contributed by atoms with Crippen molar-refractivity contribution < 1.29 is 14.6 Å². The van der Waals surface area contributed by atoms with Crippen LogP contribution < -0.4 is 9.47 Å². The monoisotopic (exact) mass is 322 g/mol. The molecule has 1 N–H and O–H groups in total. The third-order valence-electron chi connectivity index (χ3n) is 2.90. The number of benzene rings is 2. The van der Waals surface area contributed by atoms with Crippen molar-refractivity contribution in [3.63, 3.8) is 0 Å². The highest BCUT2D eigenvalue weighted by Crippen LogP contribution is 2.33. The molecule has 3 nitrogen and oxygen atoms in total. The summed E-state index contributed by atoms with van der Waals surface area (Å²) in [4.78, 5) is 0. The van der Waals surface area contributed by atoms with Crippen LogP contribution in [-0.2, 0) is 0 Å². The van der Waals surface area contributed by atoms with Crippen molar-refractivity contribution in [2.75, 3.05) is 14.2 Å². The number of halogens is 1. The van der Waals surface area contributed by atoms with Gasteiger partial charge in [0.25, 0.3) is 0 Å². The Hall–Kier alpha value is -1.52. The van der Waals surface area contributed by atoms with Gasteiger partial charge in [0.05, 0.1) is 14.2 Å². The molecule has 0 radical (unpaired) electrons. The van der Waals surface area contributed by atoms with Gasteiger partial charge in [-0.2, -0.15) is 0 Å². The van der Waals surface area contributed by atoms with Gasteiger partial charge in [-0.1, -0.05) is 28.1 Å². The smallest absolute Gasteiger partial charge is 0.125 e. The lowest BCUT2D eigenvalue weighted by molar-refractivity contribution is 0.214. The number of aliphatic hydroxyl groups excluding tert-OH is 1. The van der Waals surface area contributed by atoms with Crippen LogP contribution in [0.4, 0.5) is 0 Å². The molecule has 0 saturated carbocycles. The molecule has 19 heavy (non-hydrogen) atoms. The largest absolute Gasteiger partial charge is 0.497 e. The summed E-state index contributed by atoms with van der Waals surface area (Å²) in [6.07, 6.45) is -0.762. The van der Waals surface area contributed by atoms with Crippen LogP contribution >= 0.6 is 15.9 Å². The Morgan fingerprint density at radius 2 is 1.84 bits per heavy atom. The fourth-order valence-corrected chi connectivity index (χ4v) is 2.33. The molecule has 100 valence electrons. The maximum Gasteiger partial charge on any atom is 0.125 e. The minimum Gasteiger partial charge on any atom is -0.497 e. The molecule has 0 bridgehead atoms. The number of hydrogen-bond acceptors (Lipinski definition) is 3. The second-order valence-corrected chi connectivity index (χ2v) is 4.98. The first kappa shape index (κ1) is 13.9. The van der Waals surface area contributed by atoms with Gasteiger partial charge in [-0.05, 0) is 35.9 Å². The van der Waals surface area contributed by atoms with Crippen LogP contribution in [0.2, 0.25) is 0 Å². The Morgan fingerprint density at radius 1 is 1.05 bits per heavy atom. The Bertz CT molecular complexity index is 569. The molecule has 2 rings (SSSR count). The van der Waals surface area contributed by atoms with Crippen molar-refractivity contribution in [3.05, 3.63) is 58.1 Å². The highest BCUT2D eigenvalue weighted by Gasteiger charge is 2.16. The fourth-order valence-electron chi connectivity index (χ4n) is 1.91. The van der Waals surface area contributed by atoms with E-state index in [-0.39, 0.29) is 0 Å². The predicted molar refractivity (Wildman–Crippen MR) is 77.7 cm³/mol. The van der Waals surface area contributed by atoms with Crippen LogP contribution in [0.25, 0.3) is 0 Å². The van der Waals surface area contributed by atoms with Gasteiger partial charge in [-0.3, -0.25) is 0 Å². The van der Waals surface area contributed by atoms with E-state index in [0.717, 1.165) is 10.0 Å². The lowest BCUT2D eigenvalue weighted by atomic mass is 10.0. The van der Waals surface area contributed by atoms with E-state index < -0.39 is 6.10 Å². The quantitative estimate of drug-likeness (QED) is 0.935. The van der Waals surface area contributed by atoms with E-state index >= 15 is 0 Å². The SMILES string of the molecule is COc1ccc(OC)c([C@H](O)c2cccc(Br)c2)c1. The Kier molecular flexibility index (Phi) is 4.45. The van der Waals surface area contributed by atoms with E-state index in [1.165, 1.54) is 0 Å². The Balaban J connectivity index is 2.44. The maximum absolute atomic E-state index is 10.5. The molecular weight excluding hydrogens is 308 g/mol. The summed E-state index contributed by atoms with van der Waals surface area (Å²) in [6.45, 7) is 0. The molecule has 0 aliphatic heterocycles. The summed E-state index contributed by atoms with van der Waals surface area (Å²) in [6, 6.07) is 12.9. The molecule has 0 saturated heterocycles. The molecule has 0 fully saturated rings. The standard InChI is InChI=1S/C15H15BrO3/c1-18-12-6-7-14(19-2)13(9-12)15(17)10-4-3-5-11(16)8-10/h3-9,15,17H,1-2H3/t15-/m1/s1. The third kappa shape index (κ3) is 3.08. The molecule has 0 aromatic heterocycles. The van der Waals surface area contributed by atoms with Crippen molar-refractivity contribution in [1.29, 1.82) is 0 Å². The molecule has 0 spiro atoms. The van der Waals surface area contributed by atoms with Gasteiger partial charge < -0.3 is 14.6 Å². The normalized spacial score (nSPS) is 12.0. The van der Waals surface area contributed by atoms with Crippen molar-refractivity contribution in [2.24, 2.45) is 0 Å². The topological polar surface area (TPSA) is 38.7 Å².